The molecule has 0 saturated carbocycles. The Balaban J connectivity index is 1.48. The van der Waals surface area contributed by atoms with Gasteiger partial charge in [-0.25, -0.2) is 0 Å². The number of carbonyl (C=O) groups excluding carboxylic acids is 1. The molecule has 0 unspecified atom stereocenters. The molecule has 1 amide bonds. The lowest BCUT2D eigenvalue weighted by Crippen LogP contribution is -2.33. The Morgan fingerprint density at radius 2 is 1.82 bits per heavy atom. The van der Waals surface area contributed by atoms with Crippen molar-refractivity contribution in [2.75, 3.05) is 11.9 Å². The Bertz CT molecular complexity index is 1530. The van der Waals surface area contributed by atoms with E-state index in [1.165, 1.54) is 0 Å². The van der Waals surface area contributed by atoms with Crippen molar-refractivity contribution in [1.82, 2.24) is 19.8 Å². The average Bonchev–Trinajstić information content (AvgIpc) is 3.40. The highest BCUT2D eigenvalue weighted by Crippen LogP contribution is 2.42. The van der Waals surface area contributed by atoms with Gasteiger partial charge in [0.2, 0.25) is 5.91 Å². The molecule has 0 aliphatic carbocycles. The van der Waals surface area contributed by atoms with Crippen LogP contribution in [0.4, 0.5) is 5.69 Å². The molecule has 200 valence electrons. The maximum atomic E-state index is 13.1. The zero-order valence-corrected chi connectivity index (χ0v) is 24.9. The van der Waals surface area contributed by atoms with Crippen LogP contribution in [-0.4, -0.2) is 32.0 Å². The molecule has 2 aromatic heterocycles. The van der Waals surface area contributed by atoms with Gasteiger partial charge in [-0.15, -0.1) is 0 Å². The van der Waals surface area contributed by atoms with Crippen molar-refractivity contribution in [2.24, 2.45) is 0 Å². The smallest absolute Gasteiger partial charge is 0.226 e. The molecule has 1 fully saturated rings. The number of rotatable bonds is 7. The second-order valence-electron chi connectivity index (χ2n) is 10.0. The number of nitrogens with zero attached hydrogens (tertiary/aromatic N) is 3. The van der Waals surface area contributed by atoms with Gasteiger partial charge in [-0.3, -0.25) is 9.78 Å². The number of nitrogens with one attached hydrogen (secondary N) is 2. The topological polar surface area (TPSA) is 62.2 Å². The third-order valence-electron chi connectivity index (χ3n) is 7.33. The maximum Gasteiger partial charge on any atom is 0.226 e. The molecule has 0 radical (unpaired) electrons. The Labute approximate surface area is 243 Å². The number of aryl methyl sites for hydroxylation is 3. The minimum absolute atomic E-state index is 0.0368. The molecule has 8 heteroatoms. The number of benzene rings is 2. The second kappa shape index (κ2) is 11.3. The highest BCUT2D eigenvalue weighted by Gasteiger charge is 2.41. The zero-order chi connectivity index (χ0) is 27.7. The summed E-state index contributed by atoms with van der Waals surface area (Å²) in [4.78, 5) is 19.9. The molecule has 2 atom stereocenters. The van der Waals surface area contributed by atoms with Crippen LogP contribution in [0.1, 0.15) is 52.3 Å². The van der Waals surface area contributed by atoms with Crippen molar-refractivity contribution in [2.45, 2.75) is 46.2 Å². The fraction of sp³-hybridized carbons (Fsp3) is 0.258. The highest BCUT2D eigenvalue weighted by atomic mass is 79.9. The molecule has 4 aromatic rings. The number of aromatic nitrogens is 2. The van der Waals surface area contributed by atoms with Gasteiger partial charge in [0.15, 0.2) is 5.11 Å². The van der Waals surface area contributed by atoms with E-state index in [0.29, 0.717) is 18.1 Å². The molecule has 2 aromatic carbocycles. The molecule has 5 rings (SSSR count). The molecule has 1 saturated heterocycles. The number of thiocarbonyl (C=S) groups is 1. The SMILES string of the molecule is Cc1ccc(C)c(NC(=O)CCN2C(=S)N[C@@H](c3ccccn3)[C@H]2c2cc(C)n(-c3ccccc3Br)c2C)c1. The summed E-state index contributed by atoms with van der Waals surface area (Å²) >= 11 is 9.58. The molecular weight excluding hydrogens is 570 g/mol. The molecule has 1 aliphatic heterocycles. The van der Waals surface area contributed by atoms with Gasteiger partial charge in [0, 0.05) is 40.7 Å². The molecule has 1 aliphatic rings. The van der Waals surface area contributed by atoms with Gasteiger partial charge in [0.05, 0.1) is 23.5 Å². The van der Waals surface area contributed by atoms with Crippen LogP contribution in [0.15, 0.2) is 77.4 Å². The number of anilines is 1. The van der Waals surface area contributed by atoms with E-state index in [-0.39, 0.29) is 18.0 Å². The maximum absolute atomic E-state index is 13.1. The van der Waals surface area contributed by atoms with Gasteiger partial charge in [-0.05, 0) is 109 Å². The van der Waals surface area contributed by atoms with Crippen LogP contribution in [0.2, 0.25) is 0 Å². The van der Waals surface area contributed by atoms with Crippen LogP contribution >= 0.6 is 28.1 Å². The van der Waals surface area contributed by atoms with Gasteiger partial charge in [0.25, 0.3) is 0 Å². The quantitative estimate of drug-likeness (QED) is 0.226. The normalized spacial score (nSPS) is 16.8. The molecule has 0 bridgehead atoms. The van der Waals surface area contributed by atoms with Gasteiger partial charge >= 0.3 is 0 Å². The first-order chi connectivity index (χ1) is 18.7. The summed E-state index contributed by atoms with van der Waals surface area (Å²) in [5, 5.41) is 7.23. The molecule has 2 N–H and O–H groups in total. The Kier molecular flexibility index (Phi) is 7.86. The van der Waals surface area contributed by atoms with Crippen molar-refractivity contribution in [1.29, 1.82) is 0 Å². The number of halogens is 1. The van der Waals surface area contributed by atoms with E-state index in [4.69, 9.17) is 12.2 Å². The van der Waals surface area contributed by atoms with E-state index in [1.54, 1.807) is 0 Å². The summed E-state index contributed by atoms with van der Waals surface area (Å²) in [6.07, 6.45) is 2.12. The first-order valence-electron chi connectivity index (χ1n) is 13.0. The minimum Gasteiger partial charge on any atom is -0.352 e. The number of hydrogen-bond donors (Lipinski definition) is 2. The molecule has 39 heavy (non-hydrogen) atoms. The number of hydrogen-bond acceptors (Lipinski definition) is 3. The van der Waals surface area contributed by atoms with E-state index in [1.807, 2.05) is 68.6 Å². The summed E-state index contributed by atoms with van der Waals surface area (Å²) in [6.45, 7) is 8.77. The van der Waals surface area contributed by atoms with Crippen molar-refractivity contribution in [3.8, 4) is 5.69 Å². The largest absolute Gasteiger partial charge is 0.352 e. The third kappa shape index (κ3) is 5.49. The van der Waals surface area contributed by atoms with Crippen LogP contribution in [0.25, 0.3) is 5.69 Å². The zero-order valence-electron chi connectivity index (χ0n) is 22.5. The van der Waals surface area contributed by atoms with Crippen LogP contribution in [0, 0.1) is 27.7 Å². The molecule has 3 heterocycles. The van der Waals surface area contributed by atoms with E-state index in [0.717, 1.165) is 49.6 Å². The van der Waals surface area contributed by atoms with Crippen molar-refractivity contribution >= 4 is 44.9 Å². The van der Waals surface area contributed by atoms with Gasteiger partial charge in [-0.2, -0.15) is 0 Å². The van der Waals surface area contributed by atoms with Crippen LogP contribution in [0.3, 0.4) is 0 Å². The minimum atomic E-state index is -0.144. The Morgan fingerprint density at radius 3 is 2.56 bits per heavy atom. The van der Waals surface area contributed by atoms with E-state index in [9.17, 15) is 4.79 Å². The summed E-state index contributed by atoms with van der Waals surface area (Å²) in [5.41, 5.74) is 8.41. The Hall–Kier alpha value is -3.49. The molecule has 6 nitrogen and oxygen atoms in total. The van der Waals surface area contributed by atoms with Gasteiger partial charge in [-0.1, -0.05) is 30.3 Å². The summed E-state index contributed by atoms with van der Waals surface area (Å²) in [5.74, 6) is -0.0368. The number of carbonyl (C=O) groups is 1. The van der Waals surface area contributed by atoms with Gasteiger partial charge in [0.1, 0.15) is 0 Å². The summed E-state index contributed by atoms with van der Waals surface area (Å²) in [6, 6.07) is 22.2. The molecule has 0 spiro atoms. The third-order valence-corrected chi connectivity index (χ3v) is 8.35. The number of pyridine rings is 1. The van der Waals surface area contributed by atoms with Crippen LogP contribution in [-0.2, 0) is 4.79 Å². The summed E-state index contributed by atoms with van der Waals surface area (Å²) in [7, 11) is 0. The van der Waals surface area contributed by atoms with Gasteiger partial charge < -0.3 is 20.1 Å². The van der Waals surface area contributed by atoms with Crippen LogP contribution < -0.4 is 10.6 Å². The highest BCUT2D eigenvalue weighted by molar-refractivity contribution is 9.10. The lowest BCUT2D eigenvalue weighted by Gasteiger charge is -2.28. The fourth-order valence-electron chi connectivity index (χ4n) is 5.38. The van der Waals surface area contributed by atoms with E-state index >= 15 is 0 Å². The van der Waals surface area contributed by atoms with E-state index in [2.05, 4.69) is 73.1 Å². The lowest BCUT2D eigenvalue weighted by molar-refractivity contribution is -0.116. The monoisotopic (exact) mass is 601 g/mol. The summed E-state index contributed by atoms with van der Waals surface area (Å²) < 4.78 is 3.29. The first kappa shape index (κ1) is 27.1. The first-order valence-corrected chi connectivity index (χ1v) is 14.2. The van der Waals surface area contributed by atoms with Crippen LogP contribution in [0.5, 0.6) is 0 Å². The lowest BCUT2D eigenvalue weighted by atomic mass is 9.96. The number of para-hydroxylation sites is 1. The number of amides is 1. The average molecular weight is 603 g/mol. The van der Waals surface area contributed by atoms with E-state index < -0.39 is 0 Å². The fourth-order valence-corrected chi connectivity index (χ4v) is 6.17. The molecular formula is C31H32BrN5OS. The Morgan fingerprint density at radius 1 is 1.05 bits per heavy atom. The predicted octanol–water partition coefficient (Wildman–Crippen LogP) is 6.87. The predicted molar refractivity (Wildman–Crippen MR) is 164 cm³/mol. The standard InChI is InChI=1S/C31H32BrN5OS/c1-19-12-13-20(2)26(17-19)34-28(38)14-16-36-30(29(35-31(36)39)25-10-7-8-15-33-25)23-18-21(3)37(22(23)4)27-11-6-5-9-24(27)32/h5-13,15,17-18,29-30H,14,16H2,1-4H3,(H,34,38)(H,35,39)/t29-,30+/m0/s1. The van der Waals surface area contributed by atoms with Crippen molar-refractivity contribution in [3.05, 3.63) is 111 Å². The van der Waals surface area contributed by atoms with Crippen molar-refractivity contribution in [3.63, 3.8) is 0 Å². The second-order valence-corrected chi connectivity index (χ2v) is 11.3. The van der Waals surface area contributed by atoms with Crippen molar-refractivity contribution < 1.29 is 4.79 Å².